The predicted octanol–water partition coefficient (Wildman–Crippen LogP) is 2.71. The maximum Gasteiger partial charge on any atom is 0.308 e. The molecule has 0 spiro atoms. The van der Waals surface area contributed by atoms with Gasteiger partial charge in [0, 0.05) is 0 Å². The molecule has 2 rings (SSSR count). The van der Waals surface area contributed by atoms with Crippen molar-refractivity contribution in [3.63, 3.8) is 0 Å². The third-order valence-corrected chi connectivity index (χ3v) is 4.73. The monoisotopic (exact) mass is 350 g/mol. The van der Waals surface area contributed by atoms with E-state index < -0.39 is 22.2 Å². The molecule has 24 heavy (non-hydrogen) atoms. The van der Waals surface area contributed by atoms with Crippen LogP contribution in [-0.2, 0) is 23.8 Å². The lowest BCUT2D eigenvalue weighted by Crippen LogP contribution is -2.16. The highest BCUT2D eigenvalue weighted by molar-refractivity contribution is 7.86. The van der Waals surface area contributed by atoms with Crippen molar-refractivity contribution in [1.29, 1.82) is 0 Å². The molecule has 0 heterocycles. The summed E-state index contributed by atoms with van der Waals surface area (Å²) in [6.07, 6.45) is -1.32. The van der Waals surface area contributed by atoms with Crippen molar-refractivity contribution in [2.24, 2.45) is 0 Å². The lowest BCUT2D eigenvalue weighted by molar-refractivity contribution is -0.142. The quantitative estimate of drug-likeness (QED) is 0.636. The van der Waals surface area contributed by atoms with E-state index in [1.165, 1.54) is 43.5 Å². The number of ether oxygens (including phenoxy) is 1. The molecule has 1 N–H and O–H groups in total. The van der Waals surface area contributed by atoms with Gasteiger partial charge in [0.25, 0.3) is 10.1 Å². The SMILES string of the molecule is COC(=O)C[C@H](OS(=O)(=O)c1ccc(C)cc1)c1ccc(O)cc1. The van der Waals surface area contributed by atoms with Crippen molar-refractivity contribution >= 4 is 16.1 Å². The first-order valence-electron chi connectivity index (χ1n) is 7.17. The molecular formula is C17H18O6S. The normalized spacial score (nSPS) is 12.6. The second-order valence-corrected chi connectivity index (χ2v) is 6.80. The van der Waals surface area contributed by atoms with Crippen LogP contribution in [0.3, 0.4) is 0 Å². The number of hydrogen-bond donors (Lipinski definition) is 1. The Hall–Kier alpha value is -2.38. The highest BCUT2D eigenvalue weighted by Gasteiger charge is 2.26. The predicted molar refractivity (Wildman–Crippen MR) is 86.9 cm³/mol. The first-order chi connectivity index (χ1) is 11.3. The molecule has 0 saturated heterocycles. The molecule has 0 amide bonds. The van der Waals surface area contributed by atoms with Gasteiger partial charge in [0.05, 0.1) is 18.4 Å². The molecule has 0 aromatic heterocycles. The largest absolute Gasteiger partial charge is 0.508 e. The Labute approximate surface area is 140 Å². The van der Waals surface area contributed by atoms with Crippen LogP contribution in [0.25, 0.3) is 0 Å². The number of methoxy groups -OCH3 is 1. The third kappa shape index (κ3) is 4.56. The highest BCUT2D eigenvalue weighted by Crippen LogP contribution is 2.28. The summed E-state index contributed by atoms with van der Waals surface area (Å²) >= 11 is 0. The van der Waals surface area contributed by atoms with Crippen LogP contribution in [0.5, 0.6) is 5.75 Å². The Morgan fingerprint density at radius 2 is 1.67 bits per heavy atom. The molecule has 0 aliphatic rings. The number of phenolic OH excluding ortho intramolecular Hbond substituents is 1. The number of benzene rings is 2. The van der Waals surface area contributed by atoms with Crippen LogP contribution in [0, 0.1) is 6.92 Å². The van der Waals surface area contributed by atoms with Crippen molar-refractivity contribution in [2.45, 2.75) is 24.3 Å². The van der Waals surface area contributed by atoms with Crippen LogP contribution in [0.2, 0.25) is 0 Å². The van der Waals surface area contributed by atoms with Crippen LogP contribution in [0.15, 0.2) is 53.4 Å². The molecule has 128 valence electrons. The van der Waals surface area contributed by atoms with E-state index in [1.54, 1.807) is 12.1 Å². The molecule has 0 saturated carbocycles. The van der Waals surface area contributed by atoms with Crippen molar-refractivity contribution in [2.75, 3.05) is 7.11 Å². The Morgan fingerprint density at radius 1 is 1.08 bits per heavy atom. The Balaban J connectivity index is 2.31. The summed E-state index contributed by atoms with van der Waals surface area (Å²) in [6.45, 7) is 1.84. The van der Waals surface area contributed by atoms with Gasteiger partial charge in [0.1, 0.15) is 11.9 Å². The van der Waals surface area contributed by atoms with Gasteiger partial charge in [0.2, 0.25) is 0 Å². The Morgan fingerprint density at radius 3 is 2.21 bits per heavy atom. The van der Waals surface area contributed by atoms with E-state index in [9.17, 15) is 18.3 Å². The molecule has 1 atom stereocenters. The van der Waals surface area contributed by atoms with Gasteiger partial charge in [-0.1, -0.05) is 29.8 Å². The number of esters is 1. The standard InChI is InChI=1S/C17H18O6S/c1-12-3-9-15(10-4-12)24(20,21)23-16(11-17(19)22-2)13-5-7-14(18)8-6-13/h3-10,16,18H,11H2,1-2H3/t16-/m0/s1. The molecule has 0 aliphatic carbocycles. The van der Waals surface area contributed by atoms with Gasteiger partial charge in [-0.15, -0.1) is 0 Å². The van der Waals surface area contributed by atoms with E-state index >= 15 is 0 Å². The second-order valence-electron chi connectivity index (χ2n) is 5.22. The fraction of sp³-hybridized carbons (Fsp3) is 0.235. The highest BCUT2D eigenvalue weighted by atomic mass is 32.2. The Bertz CT molecular complexity index is 794. The Kier molecular flexibility index (Phi) is 5.58. The number of hydrogen-bond acceptors (Lipinski definition) is 6. The van der Waals surface area contributed by atoms with Gasteiger partial charge < -0.3 is 9.84 Å². The van der Waals surface area contributed by atoms with E-state index in [0.29, 0.717) is 5.56 Å². The molecule has 2 aromatic carbocycles. The number of rotatable bonds is 6. The first kappa shape index (κ1) is 18.0. The van der Waals surface area contributed by atoms with Gasteiger partial charge in [-0.3, -0.25) is 8.98 Å². The number of aromatic hydroxyl groups is 1. The van der Waals surface area contributed by atoms with Crippen molar-refractivity contribution in [3.8, 4) is 5.75 Å². The minimum atomic E-state index is -4.06. The van der Waals surface area contributed by atoms with Crippen LogP contribution < -0.4 is 0 Å². The molecule has 0 radical (unpaired) electrons. The van der Waals surface area contributed by atoms with E-state index in [4.69, 9.17) is 4.18 Å². The van der Waals surface area contributed by atoms with Crippen molar-refractivity contribution < 1.29 is 27.2 Å². The minimum Gasteiger partial charge on any atom is -0.508 e. The van der Waals surface area contributed by atoms with Gasteiger partial charge in [0.15, 0.2) is 0 Å². The number of carbonyl (C=O) groups excluding carboxylic acids is 1. The number of aryl methyl sites for hydroxylation is 1. The zero-order valence-corrected chi connectivity index (χ0v) is 14.1. The fourth-order valence-corrected chi connectivity index (χ4v) is 3.11. The van der Waals surface area contributed by atoms with Gasteiger partial charge in [-0.25, -0.2) is 0 Å². The van der Waals surface area contributed by atoms with E-state index in [-0.39, 0.29) is 17.1 Å². The molecule has 6 nitrogen and oxygen atoms in total. The molecule has 0 fully saturated rings. The molecule has 0 bridgehead atoms. The molecule has 7 heteroatoms. The number of phenols is 1. The number of carbonyl (C=O) groups is 1. The lowest BCUT2D eigenvalue weighted by Gasteiger charge is -2.17. The smallest absolute Gasteiger partial charge is 0.308 e. The maximum atomic E-state index is 12.4. The lowest BCUT2D eigenvalue weighted by atomic mass is 10.1. The first-order valence-corrected chi connectivity index (χ1v) is 8.58. The second kappa shape index (κ2) is 7.46. The van der Waals surface area contributed by atoms with Crippen LogP contribution in [-0.4, -0.2) is 26.6 Å². The summed E-state index contributed by atoms with van der Waals surface area (Å²) in [6, 6.07) is 12.0. The fourth-order valence-electron chi connectivity index (χ4n) is 2.04. The van der Waals surface area contributed by atoms with E-state index in [1.807, 2.05) is 6.92 Å². The third-order valence-electron chi connectivity index (χ3n) is 3.40. The summed E-state index contributed by atoms with van der Waals surface area (Å²) in [5.74, 6) is -0.579. The van der Waals surface area contributed by atoms with Crippen molar-refractivity contribution in [3.05, 3.63) is 59.7 Å². The minimum absolute atomic E-state index is 0.00161. The summed E-state index contributed by atoms with van der Waals surface area (Å²) in [7, 11) is -2.85. The van der Waals surface area contributed by atoms with Gasteiger partial charge in [-0.2, -0.15) is 8.42 Å². The summed E-state index contributed by atoms with van der Waals surface area (Å²) < 4.78 is 34.7. The summed E-state index contributed by atoms with van der Waals surface area (Å²) in [5, 5.41) is 9.35. The van der Waals surface area contributed by atoms with Crippen molar-refractivity contribution in [1.82, 2.24) is 0 Å². The molecule has 0 unspecified atom stereocenters. The van der Waals surface area contributed by atoms with Crippen LogP contribution >= 0.6 is 0 Å². The maximum absolute atomic E-state index is 12.4. The summed E-state index contributed by atoms with van der Waals surface area (Å²) in [4.78, 5) is 11.6. The average Bonchev–Trinajstić information content (AvgIpc) is 2.55. The zero-order chi connectivity index (χ0) is 17.7. The molecule has 0 aliphatic heterocycles. The van der Waals surface area contributed by atoms with Crippen LogP contribution in [0.1, 0.15) is 23.7 Å². The van der Waals surface area contributed by atoms with Gasteiger partial charge >= 0.3 is 5.97 Å². The van der Waals surface area contributed by atoms with Gasteiger partial charge in [-0.05, 0) is 36.8 Å². The molecule has 2 aromatic rings. The van der Waals surface area contributed by atoms with Crippen LogP contribution in [0.4, 0.5) is 0 Å². The summed E-state index contributed by atoms with van der Waals surface area (Å²) in [5.41, 5.74) is 1.35. The topological polar surface area (TPSA) is 89.9 Å². The molecular weight excluding hydrogens is 332 g/mol. The van der Waals surface area contributed by atoms with E-state index in [0.717, 1.165) is 5.56 Å². The van der Waals surface area contributed by atoms with E-state index in [2.05, 4.69) is 4.74 Å². The average molecular weight is 350 g/mol. The zero-order valence-electron chi connectivity index (χ0n) is 13.3.